The van der Waals surface area contributed by atoms with Crippen LogP contribution in [0.4, 0.5) is 14.9 Å². The molecule has 1 spiro atoms. The smallest absolute Gasteiger partial charge is 0.415 e. The number of imidazole rings is 1. The van der Waals surface area contributed by atoms with Crippen molar-refractivity contribution in [3.8, 4) is 5.69 Å². The first kappa shape index (κ1) is 21.5. The minimum absolute atomic E-state index is 0. The highest BCUT2D eigenvalue weighted by molar-refractivity contribution is 5.90. The number of carbonyl (C=O) groups excluding carboxylic acids is 1. The zero-order valence-corrected chi connectivity index (χ0v) is 18.6. The van der Waals surface area contributed by atoms with Crippen molar-refractivity contribution in [2.75, 3.05) is 11.4 Å². The van der Waals surface area contributed by atoms with E-state index in [4.69, 9.17) is 9.72 Å². The Hall–Kier alpha value is -3.39. The third kappa shape index (κ3) is 3.74. The van der Waals surface area contributed by atoms with Crippen LogP contribution in [0.5, 0.6) is 0 Å². The van der Waals surface area contributed by atoms with Gasteiger partial charge in [0, 0.05) is 18.3 Å². The summed E-state index contributed by atoms with van der Waals surface area (Å²) in [5, 5.41) is 4.28. The largest absolute Gasteiger partial charge is 0.441 e. The number of hydrogen-bond donors (Lipinski definition) is 1. The molecule has 0 radical (unpaired) electrons. The Kier molecular flexibility index (Phi) is 5.32. The number of benzene rings is 2. The Morgan fingerprint density at radius 1 is 1.12 bits per heavy atom. The third-order valence-electron chi connectivity index (χ3n) is 6.65. The van der Waals surface area contributed by atoms with Gasteiger partial charge in [-0.15, -0.1) is 12.4 Å². The molecule has 1 N–H and O–H groups in total. The van der Waals surface area contributed by atoms with Crippen LogP contribution in [0.15, 0.2) is 60.9 Å². The molecule has 2 aliphatic rings. The number of anilines is 1. The van der Waals surface area contributed by atoms with E-state index in [9.17, 15) is 9.18 Å². The molecule has 2 aromatic carbocycles. The predicted molar refractivity (Wildman–Crippen MR) is 125 cm³/mol. The highest BCUT2D eigenvalue weighted by Crippen LogP contribution is 2.44. The summed E-state index contributed by atoms with van der Waals surface area (Å²) >= 11 is 0. The number of para-hydroxylation sites is 1. The monoisotopic (exact) mass is 467 g/mol. The highest BCUT2D eigenvalue weighted by Gasteiger charge is 2.48. The number of rotatable bonds is 3. The van der Waals surface area contributed by atoms with Crippen molar-refractivity contribution in [3.05, 3.63) is 72.6 Å². The fourth-order valence-corrected chi connectivity index (χ4v) is 4.93. The summed E-state index contributed by atoms with van der Waals surface area (Å²) in [5.74, 6) is 0.817. The third-order valence-corrected chi connectivity index (χ3v) is 6.65. The molecule has 2 aromatic heterocycles. The predicted octanol–water partition coefficient (Wildman–Crippen LogP) is 5.36. The van der Waals surface area contributed by atoms with Crippen molar-refractivity contribution in [1.29, 1.82) is 0 Å². The highest BCUT2D eigenvalue weighted by atomic mass is 35.5. The lowest BCUT2D eigenvalue weighted by Crippen LogP contribution is -2.38. The number of carbonyl (C=O) groups is 1. The maximum Gasteiger partial charge on any atom is 0.415 e. The van der Waals surface area contributed by atoms with Gasteiger partial charge >= 0.3 is 6.09 Å². The maximum atomic E-state index is 14.2. The lowest BCUT2D eigenvalue weighted by atomic mass is 9.78. The molecule has 170 valence electrons. The average Bonchev–Trinajstić information content (AvgIpc) is 3.53. The van der Waals surface area contributed by atoms with Crippen molar-refractivity contribution in [2.45, 2.75) is 37.2 Å². The fraction of sp³-hybridized carbons (Fsp3) is 0.292. The SMILES string of the molecule is Cl.O=C1O[C@]2(CC[C@H](c3nc4cc(-n5cccn5)ccc4[nH]3)CC2)CN1c1ccccc1F. The topological polar surface area (TPSA) is 76.0 Å². The van der Waals surface area contributed by atoms with Crippen LogP contribution in [0.25, 0.3) is 16.7 Å². The molecular weight excluding hydrogens is 445 g/mol. The van der Waals surface area contributed by atoms with E-state index in [1.54, 1.807) is 24.4 Å². The number of aromatic nitrogens is 4. The standard InChI is InChI=1S/C24H22FN5O2.ClH/c25-18-4-1-2-5-21(18)29-15-24(32-23(29)31)10-8-16(9-11-24)22-27-19-7-6-17(14-20(19)28-22)30-13-3-12-26-30;/h1-7,12-14,16H,8-11,15H2,(H,27,28);1H/t16-,24-;. The van der Waals surface area contributed by atoms with E-state index in [1.165, 1.54) is 11.0 Å². The zero-order valence-electron chi connectivity index (χ0n) is 17.8. The number of fused-ring (bicyclic) bond motifs is 1. The lowest BCUT2D eigenvalue weighted by Gasteiger charge is -2.34. The van der Waals surface area contributed by atoms with Crippen molar-refractivity contribution < 1.29 is 13.9 Å². The molecule has 1 saturated carbocycles. The second-order valence-corrected chi connectivity index (χ2v) is 8.64. The number of nitrogens with zero attached hydrogens (tertiary/aromatic N) is 4. The molecule has 1 aliphatic heterocycles. The molecule has 2 fully saturated rings. The summed E-state index contributed by atoms with van der Waals surface area (Å²) in [5.41, 5.74) is 2.59. The minimum atomic E-state index is -0.560. The van der Waals surface area contributed by atoms with Gasteiger partial charge in [-0.3, -0.25) is 4.90 Å². The van der Waals surface area contributed by atoms with Crippen molar-refractivity contribution in [1.82, 2.24) is 19.7 Å². The molecule has 9 heteroatoms. The van der Waals surface area contributed by atoms with E-state index in [1.807, 2.05) is 35.1 Å². The van der Waals surface area contributed by atoms with Gasteiger partial charge in [0.2, 0.25) is 0 Å². The number of halogens is 2. The normalized spacial score (nSPS) is 22.5. The van der Waals surface area contributed by atoms with Gasteiger partial charge in [0.1, 0.15) is 17.2 Å². The van der Waals surface area contributed by atoms with Crippen molar-refractivity contribution in [2.24, 2.45) is 0 Å². The van der Waals surface area contributed by atoms with Crippen LogP contribution < -0.4 is 4.90 Å². The number of ether oxygens (including phenoxy) is 1. The van der Waals surface area contributed by atoms with E-state index < -0.39 is 17.5 Å². The number of aromatic amines is 1. The summed E-state index contributed by atoms with van der Waals surface area (Å²) in [7, 11) is 0. The minimum Gasteiger partial charge on any atom is -0.441 e. The van der Waals surface area contributed by atoms with Crippen LogP contribution >= 0.6 is 12.4 Å². The number of hydrogen-bond acceptors (Lipinski definition) is 4. The van der Waals surface area contributed by atoms with Crippen LogP contribution in [0.3, 0.4) is 0 Å². The van der Waals surface area contributed by atoms with E-state index in [0.29, 0.717) is 6.54 Å². The van der Waals surface area contributed by atoms with Crippen LogP contribution in [0.1, 0.15) is 37.4 Å². The molecule has 0 atom stereocenters. The summed E-state index contributed by atoms with van der Waals surface area (Å²) in [6.45, 7) is 0.382. The van der Waals surface area contributed by atoms with Gasteiger partial charge in [0.05, 0.1) is 29.0 Å². The molecular formula is C24H23ClFN5O2. The number of amides is 1. The first-order chi connectivity index (χ1) is 15.6. The molecule has 1 aliphatic carbocycles. The average molecular weight is 468 g/mol. The molecule has 0 bridgehead atoms. The summed E-state index contributed by atoms with van der Waals surface area (Å²) < 4.78 is 21.8. The summed E-state index contributed by atoms with van der Waals surface area (Å²) in [6.07, 6.45) is 6.34. The van der Waals surface area contributed by atoms with Crippen LogP contribution in [-0.2, 0) is 4.74 Å². The molecule has 1 saturated heterocycles. The van der Waals surface area contributed by atoms with Crippen LogP contribution in [0, 0.1) is 5.82 Å². The molecule has 6 rings (SSSR count). The van der Waals surface area contributed by atoms with E-state index in [2.05, 4.69) is 10.1 Å². The van der Waals surface area contributed by atoms with E-state index in [0.717, 1.165) is 48.2 Å². The Morgan fingerprint density at radius 2 is 1.94 bits per heavy atom. The lowest BCUT2D eigenvalue weighted by molar-refractivity contribution is 0.0208. The second kappa shape index (κ2) is 8.19. The fourth-order valence-electron chi connectivity index (χ4n) is 4.93. The van der Waals surface area contributed by atoms with Gasteiger partial charge in [0.15, 0.2) is 0 Å². The van der Waals surface area contributed by atoms with Gasteiger partial charge < -0.3 is 9.72 Å². The molecule has 0 unspecified atom stereocenters. The Labute approximate surface area is 196 Å². The van der Waals surface area contributed by atoms with Crippen molar-refractivity contribution in [3.63, 3.8) is 0 Å². The van der Waals surface area contributed by atoms with Gasteiger partial charge in [-0.25, -0.2) is 18.9 Å². The second-order valence-electron chi connectivity index (χ2n) is 8.64. The molecule has 33 heavy (non-hydrogen) atoms. The molecule has 3 heterocycles. The Bertz CT molecular complexity index is 1300. The van der Waals surface area contributed by atoms with E-state index in [-0.39, 0.29) is 24.0 Å². The van der Waals surface area contributed by atoms with Crippen LogP contribution in [0.2, 0.25) is 0 Å². The van der Waals surface area contributed by atoms with Crippen molar-refractivity contribution >= 4 is 35.2 Å². The van der Waals surface area contributed by atoms with Gasteiger partial charge in [0.25, 0.3) is 0 Å². The number of nitrogens with one attached hydrogen (secondary N) is 1. The summed E-state index contributed by atoms with van der Waals surface area (Å²) in [4.78, 5) is 22.2. The number of H-pyrrole nitrogens is 1. The first-order valence-corrected chi connectivity index (χ1v) is 10.8. The molecule has 1 amide bonds. The Morgan fingerprint density at radius 3 is 2.70 bits per heavy atom. The van der Waals surface area contributed by atoms with Crippen LogP contribution in [-0.4, -0.2) is 38.0 Å². The molecule has 4 aromatic rings. The summed E-state index contributed by atoms with van der Waals surface area (Å²) in [6, 6.07) is 14.3. The zero-order chi connectivity index (χ0) is 21.7. The van der Waals surface area contributed by atoms with Gasteiger partial charge in [-0.1, -0.05) is 12.1 Å². The Balaban J connectivity index is 0.00000228. The molecule has 7 nitrogen and oxygen atoms in total. The quantitative estimate of drug-likeness (QED) is 0.440. The van der Waals surface area contributed by atoms with Gasteiger partial charge in [-0.05, 0) is 62.1 Å². The first-order valence-electron chi connectivity index (χ1n) is 10.8. The van der Waals surface area contributed by atoms with Gasteiger partial charge in [-0.2, -0.15) is 5.10 Å². The maximum absolute atomic E-state index is 14.2. The van der Waals surface area contributed by atoms with E-state index >= 15 is 0 Å².